The summed E-state index contributed by atoms with van der Waals surface area (Å²) in [6.45, 7) is 1.75. The van der Waals surface area contributed by atoms with E-state index in [1.807, 2.05) is 53.1 Å². The SMILES string of the molecule is O=C(CSc1nnc(-c2ccco2)n1Cc1ccccc1)Nc1cccc(N2CCNC2=O)c1. The summed E-state index contributed by atoms with van der Waals surface area (Å²) in [5, 5.41) is 14.9. The van der Waals surface area contributed by atoms with Crippen molar-refractivity contribution in [3.63, 3.8) is 0 Å². The molecule has 5 rings (SSSR count). The van der Waals surface area contributed by atoms with Crippen molar-refractivity contribution >= 4 is 35.1 Å². The molecule has 1 aliphatic heterocycles. The summed E-state index contributed by atoms with van der Waals surface area (Å²) >= 11 is 1.30. The number of urea groups is 1. The van der Waals surface area contributed by atoms with E-state index in [1.165, 1.54) is 11.8 Å². The second-order valence-corrected chi connectivity index (χ2v) is 8.57. The number of rotatable bonds is 8. The number of aromatic nitrogens is 3. The van der Waals surface area contributed by atoms with Gasteiger partial charge in [-0.1, -0.05) is 48.2 Å². The van der Waals surface area contributed by atoms with E-state index in [0.717, 1.165) is 11.3 Å². The number of nitrogens with zero attached hydrogens (tertiary/aromatic N) is 4. The van der Waals surface area contributed by atoms with Crippen LogP contribution in [0.5, 0.6) is 0 Å². The summed E-state index contributed by atoms with van der Waals surface area (Å²) in [5.74, 6) is 1.19. The van der Waals surface area contributed by atoms with Gasteiger partial charge >= 0.3 is 6.03 Å². The fraction of sp³-hybridized carbons (Fsp3) is 0.167. The van der Waals surface area contributed by atoms with E-state index in [1.54, 1.807) is 29.4 Å². The molecule has 172 valence electrons. The number of amides is 3. The van der Waals surface area contributed by atoms with E-state index in [0.29, 0.717) is 42.1 Å². The Morgan fingerprint density at radius 3 is 2.74 bits per heavy atom. The molecular weight excluding hydrogens is 452 g/mol. The van der Waals surface area contributed by atoms with E-state index in [4.69, 9.17) is 4.42 Å². The highest BCUT2D eigenvalue weighted by Crippen LogP contribution is 2.26. The van der Waals surface area contributed by atoms with E-state index < -0.39 is 0 Å². The minimum absolute atomic E-state index is 0.135. The quantitative estimate of drug-likeness (QED) is 0.376. The van der Waals surface area contributed by atoms with Crippen LogP contribution >= 0.6 is 11.8 Å². The highest BCUT2D eigenvalue weighted by atomic mass is 32.2. The number of thioether (sulfide) groups is 1. The second-order valence-electron chi connectivity index (χ2n) is 7.63. The third-order valence-corrected chi connectivity index (χ3v) is 6.24. The lowest BCUT2D eigenvalue weighted by molar-refractivity contribution is -0.113. The molecule has 1 fully saturated rings. The van der Waals surface area contributed by atoms with Crippen molar-refractivity contribution in [3.8, 4) is 11.6 Å². The van der Waals surface area contributed by atoms with Gasteiger partial charge in [-0.25, -0.2) is 4.79 Å². The van der Waals surface area contributed by atoms with E-state index in [-0.39, 0.29) is 17.7 Å². The number of nitrogens with one attached hydrogen (secondary N) is 2. The molecule has 1 aliphatic rings. The molecule has 0 aliphatic carbocycles. The first-order valence-corrected chi connectivity index (χ1v) is 11.7. The van der Waals surface area contributed by atoms with E-state index in [2.05, 4.69) is 20.8 Å². The molecule has 0 radical (unpaired) electrons. The first kappa shape index (κ1) is 21.8. The molecule has 9 nitrogen and oxygen atoms in total. The van der Waals surface area contributed by atoms with E-state index in [9.17, 15) is 9.59 Å². The summed E-state index contributed by atoms with van der Waals surface area (Å²) in [5.41, 5.74) is 2.46. The molecular formula is C24H22N6O3S. The van der Waals surface area contributed by atoms with Gasteiger partial charge in [-0.2, -0.15) is 0 Å². The lowest BCUT2D eigenvalue weighted by Crippen LogP contribution is -2.27. The van der Waals surface area contributed by atoms with Gasteiger partial charge in [0.15, 0.2) is 10.9 Å². The van der Waals surface area contributed by atoms with Gasteiger partial charge in [0.2, 0.25) is 11.7 Å². The Labute approximate surface area is 200 Å². The average molecular weight is 475 g/mol. The van der Waals surface area contributed by atoms with Crippen molar-refractivity contribution in [2.45, 2.75) is 11.7 Å². The highest BCUT2D eigenvalue weighted by Gasteiger charge is 2.21. The molecule has 0 saturated carbocycles. The molecule has 34 heavy (non-hydrogen) atoms. The summed E-state index contributed by atoms with van der Waals surface area (Å²) in [4.78, 5) is 26.3. The summed E-state index contributed by atoms with van der Waals surface area (Å²) in [6, 6.07) is 20.7. The zero-order valence-electron chi connectivity index (χ0n) is 18.2. The van der Waals surface area contributed by atoms with Crippen molar-refractivity contribution in [2.24, 2.45) is 0 Å². The smallest absolute Gasteiger partial charge is 0.321 e. The van der Waals surface area contributed by atoms with Crippen LogP contribution in [0.3, 0.4) is 0 Å². The molecule has 0 bridgehead atoms. The molecule has 0 unspecified atom stereocenters. The van der Waals surface area contributed by atoms with Crippen LogP contribution in [-0.2, 0) is 11.3 Å². The number of hydrogen-bond donors (Lipinski definition) is 2. The van der Waals surface area contributed by atoms with Crippen LogP contribution in [0.15, 0.2) is 82.6 Å². The summed E-state index contributed by atoms with van der Waals surface area (Å²) < 4.78 is 7.48. The van der Waals surface area contributed by atoms with Crippen LogP contribution in [-0.4, -0.2) is 45.5 Å². The highest BCUT2D eigenvalue weighted by molar-refractivity contribution is 7.99. The zero-order valence-corrected chi connectivity index (χ0v) is 19.0. The van der Waals surface area contributed by atoms with Crippen molar-refractivity contribution in [3.05, 3.63) is 78.6 Å². The lowest BCUT2D eigenvalue weighted by Gasteiger charge is -2.15. The molecule has 2 aromatic carbocycles. The fourth-order valence-corrected chi connectivity index (χ4v) is 4.43. The minimum atomic E-state index is -0.179. The van der Waals surface area contributed by atoms with Crippen molar-refractivity contribution in [1.29, 1.82) is 0 Å². The molecule has 3 heterocycles. The van der Waals surface area contributed by atoms with E-state index >= 15 is 0 Å². The number of benzene rings is 2. The Hall–Kier alpha value is -4.05. The van der Waals surface area contributed by atoms with Crippen LogP contribution in [0.1, 0.15) is 5.56 Å². The number of hydrogen-bond acceptors (Lipinski definition) is 6. The molecule has 3 amide bonds. The number of anilines is 2. The zero-order chi connectivity index (χ0) is 23.3. The predicted molar refractivity (Wildman–Crippen MR) is 130 cm³/mol. The summed E-state index contributed by atoms with van der Waals surface area (Å²) in [7, 11) is 0. The molecule has 10 heteroatoms. The summed E-state index contributed by atoms with van der Waals surface area (Å²) in [6.07, 6.45) is 1.59. The number of furan rings is 1. The molecule has 2 aromatic heterocycles. The van der Waals surface area contributed by atoms with Crippen LogP contribution in [0.2, 0.25) is 0 Å². The Morgan fingerprint density at radius 1 is 1.09 bits per heavy atom. The first-order chi connectivity index (χ1) is 16.7. The molecule has 4 aromatic rings. The largest absolute Gasteiger partial charge is 0.461 e. The minimum Gasteiger partial charge on any atom is -0.461 e. The third kappa shape index (κ3) is 4.81. The van der Waals surface area contributed by atoms with Crippen LogP contribution in [0.4, 0.5) is 16.2 Å². The molecule has 2 N–H and O–H groups in total. The second kappa shape index (κ2) is 9.84. The number of carbonyl (C=O) groups excluding carboxylic acids is 2. The van der Waals surface area contributed by atoms with Gasteiger partial charge in [0, 0.05) is 24.5 Å². The molecule has 1 saturated heterocycles. The average Bonchev–Trinajstić information content (AvgIpc) is 3.60. The van der Waals surface area contributed by atoms with Gasteiger partial charge in [0.05, 0.1) is 18.6 Å². The Balaban J connectivity index is 1.28. The van der Waals surface area contributed by atoms with Crippen LogP contribution in [0.25, 0.3) is 11.6 Å². The maximum atomic E-state index is 12.7. The van der Waals surface area contributed by atoms with Gasteiger partial charge in [0.25, 0.3) is 0 Å². The van der Waals surface area contributed by atoms with Gasteiger partial charge < -0.3 is 15.1 Å². The van der Waals surface area contributed by atoms with Crippen molar-refractivity contribution < 1.29 is 14.0 Å². The Morgan fingerprint density at radius 2 is 1.97 bits per heavy atom. The van der Waals surface area contributed by atoms with Gasteiger partial charge in [-0.15, -0.1) is 10.2 Å². The van der Waals surface area contributed by atoms with Gasteiger partial charge in [-0.3, -0.25) is 14.3 Å². The standard InChI is InChI=1S/C24H22N6O3S/c31-21(26-18-8-4-9-19(14-18)29-12-11-25-23(29)32)16-34-24-28-27-22(20-10-5-13-33-20)30(24)15-17-6-2-1-3-7-17/h1-10,13-14H,11-12,15-16H2,(H,25,32)(H,26,31). The maximum Gasteiger partial charge on any atom is 0.321 e. The third-order valence-electron chi connectivity index (χ3n) is 5.27. The predicted octanol–water partition coefficient (Wildman–Crippen LogP) is 3.85. The topological polar surface area (TPSA) is 105 Å². The molecule has 0 spiro atoms. The lowest BCUT2D eigenvalue weighted by atomic mass is 10.2. The van der Waals surface area contributed by atoms with Crippen molar-refractivity contribution in [2.75, 3.05) is 29.1 Å². The monoisotopic (exact) mass is 474 g/mol. The number of carbonyl (C=O) groups is 2. The maximum absolute atomic E-state index is 12.7. The normalized spacial score (nSPS) is 13.2. The van der Waals surface area contributed by atoms with Gasteiger partial charge in [0.1, 0.15) is 0 Å². The van der Waals surface area contributed by atoms with Crippen molar-refractivity contribution in [1.82, 2.24) is 20.1 Å². The first-order valence-electron chi connectivity index (χ1n) is 10.8. The van der Waals surface area contributed by atoms with Crippen LogP contribution in [0, 0.1) is 0 Å². The fourth-order valence-electron chi connectivity index (χ4n) is 3.69. The molecule has 0 atom stereocenters. The Kier molecular flexibility index (Phi) is 6.30. The van der Waals surface area contributed by atoms with Crippen LogP contribution < -0.4 is 15.5 Å². The van der Waals surface area contributed by atoms with Gasteiger partial charge in [-0.05, 0) is 35.9 Å². The Bertz CT molecular complexity index is 1290.